The third-order valence-corrected chi connectivity index (χ3v) is 2.87. The number of aromatic nitrogens is 3. The quantitative estimate of drug-likeness (QED) is 0.765. The molecule has 6 nitrogen and oxygen atoms in total. The van der Waals surface area contributed by atoms with Gasteiger partial charge in [0.25, 0.3) is 0 Å². The van der Waals surface area contributed by atoms with Gasteiger partial charge in [0.2, 0.25) is 0 Å². The minimum atomic E-state index is 0.294. The van der Waals surface area contributed by atoms with Gasteiger partial charge in [-0.25, -0.2) is 9.97 Å². The highest BCUT2D eigenvalue weighted by Gasteiger charge is 2.08. The number of anilines is 2. The first-order chi connectivity index (χ1) is 9.70. The number of hydrogen-bond acceptors (Lipinski definition) is 6. The van der Waals surface area contributed by atoms with Crippen LogP contribution in [0.15, 0.2) is 36.9 Å². The molecule has 0 saturated heterocycles. The molecule has 0 spiro atoms. The molecule has 2 aromatic rings. The van der Waals surface area contributed by atoms with E-state index in [0.717, 1.165) is 17.2 Å². The first-order valence-electron chi connectivity index (χ1n) is 6.21. The maximum atomic E-state index is 8.72. The van der Waals surface area contributed by atoms with Gasteiger partial charge < -0.3 is 9.80 Å². The predicted molar refractivity (Wildman–Crippen MR) is 77.3 cm³/mol. The molecule has 0 aliphatic rings. The van der Waals surface area contributed by atoms with Gasteiger partial charge >= 0.3 is 0 Å². The summed E-state index contributed by atoms with van der Waals surface area (Å²) in [6.07, 6.45) is 5.10. The van der Waals surface area contributed by atoms with Crippen LogP contribution in [0.1, 0.15) is 5.56 Å². The van der Waals surface area contributed by atoms with E-state index in [1.54, 1.807) is 11.1 Å². The molecule has 6 heteroatoms. The Bertz CT molecular complexity index is 592. The lowest BCUT2D eigenvalue weighted by Crippen LogP contribution is -2.21. The Morgan fingerprint density at radius 2 is 1.95 bits per heavy atom. The zero-order valence-corrected chi connectivity index (χ0v) is 11.6. The SMILES string of the molecule is CN(CC#N)c1cc(N(C)Cc2cccnc2)ncn1. The third-order valence-electron chi connectivity index (χ3n) is 2.87. The van der Waals surface area contributed by atoms with Crippen molar-refractivity contribution in [1.82, 2.24) is 15.0 Å². The first-order valence-corrected chi connectivity index (χ1v) is 6.21. The molecule has 0 N–H and O–H groups in total. The Balaban J connectivity index is 2.12. The van der Waals surface area contributed by atoms with Gasteiger partial charge in [0.05, 0.1) is 6.07 Å². The molecule has 0 atom stereocenters. The van der Waals surface area contributed by atoms with E-state index in [2.05, 4.69) is 21.0 Å². The maximum absolute atomic E-state index is 8.72. The number of rotatable bonds is 5. The lowest BCUT2D eigenvalue weighted by molar-refractivity contribution is 0.878. The van der Waals surface area contributed by atoms with Crippen LogP contribution in [0.3, 0.4) is 0 Å². The second kappa shape index (κ2) is 6.48. The van der Waals surface area contributed by atoms with E-state index in [-0.39, 0.29) is 0 Å². The molecule has 2 aromatic heterocycles. The van der Waals surface area contributed by atoms with E-state index in [1.165, 1.54) is 6.33 Å². The molecule has 102 valence electrons. The molecule has 0 aliphatic heterocycles. The molecule has 0 unspecified atom stereocenters. The summed E-state index contributed by atoms with van der Waals surface area (Å²) in [5, 5.41) is 8.72. The van der Waals surface area contributed by atoms with Crippen LogP contribution in [-0.4, -0.2) is 35.6 Å². The van der Waals surface area contributed by atoms with Crippen LogP contribution >= 0.6 is 0 Å². The molecule has 0 fully saturated rings. The largest absolute Gasteiger partial charge is 0.355 e. The van der Waals surface area contributed by atoms with Crippen LogP contribution in [0.2, 0.25) is 0 Å². The predicted octanol–water partition coefficient (Wildman–Crippen LogP) is 1.47. The summed E-state index contributed by atoms with van der Waals surface area (Å²) in [6.45, 7) is 1.01. The van der Waals surface area contributed by atoms with Gasteiger partial charge in [-0.2, -0.15) is 5.26 Å². The zero-order chi connectivity index (χ0) is 14.4. The van der Waals surface area contributed by atoms with Crippen molar-refractivity contribution in [2.24, 2.45) is 0 Å². The van der Waals surface area contributed by atoms with E-state index in [9.17, 15) is 0 Å². The molecule has 2 rings (SSSR count). The molecular weight excluding hydrogens is 252 g/mol. The van der Waals surface area contributed by atoms with Crippen molar-refractivity contribution in [3.8, 4) is 6.07 Å². The summed E-state index contributed by atoms with van der Waals surface area (Å²) in [7, 11) is 3.79. The van der Waals surface area contributed by atoms with Gasteiger partial charge in [0.1, 0.15) is 24.5 Å². The molecule has 0 radical (unpaired) electrons. The standard InChI is InChI=1S/C14H16N6/c1-19(7-5-15)13-8-14(18-11-17-13)20(2)10-12-4-3-6-16-9-12/h3-4,6,8-9,11H,7,10H2,1-2H3. The van der Waals surface area contributed by atoms with Crippen LogP contribution in [0, 0.1) is 11.3 Å². The second-order valence-electron chi connectivity index (χ2n) is 4.47. The van der Waals surface area contributed by atoms with Crippen molar-refractivity contribution in [2.45, 2.75) is 6.54 Å². The number of nitrogens with zero attached hydrogens (tertiary/aromatic N) is 6. The van der Waals surface area contributed by atoms with Crippen molar-refractivity contribution in [3.63, 3.8) is 0 Å². The van der Waals surface area contributed by atoms with Crippen LogP contribution in [0.25, 0.3) is 0 Å². The monoisotopic (exact) mass is 268 g/mol. The first kappa shape index (κ1) is 13.7. The van der Waals surface area contributed by atoms with Crippen molar-refractivity contribution in [2.75, 3.05) is 30.4 Å². The smallest absolute Gasteiger partial charge is 0.134 e. The van der Waals surface area contributed by atoms with E-state index in [1.807, 2.05) is 43.4 Å². The molecule has 0 saturated carbocycles. The van der Waals surface area contributed by atoms with Crippen LogP contribution in [0.4, 0.5) is 11.6 Å². The fourth-order valence-electron chi connectivity index (χ4n) is 1.79. The average molecular weight is 268 g/mol. The van der Waals surface area contributed by atoms with Gasteiger partial charge in [-0.15, -0.1) is 0 Å². The third kappa shape index (κ3) is 3.42. The van der Waals surface area contributed by atoms with E-state index < -0.39 is 0 Å². The van der Waals surface area contributed by atoms with Crippen molar-refractivity contribution < 1.29 is 0 Å². The van der Waals surface area contributed by atoms with Gasteiger partial charge in [-0.05, 0) is 11.6 Å². The van der Waals surface area contributed by atoms with Crippen LogP contribution in [-0.2, 0) is 6.54 Å². The molecule has 2 heterocycles. The van der Waals surface area contributed by atoms with E-state index in [4.69, 9.17) is 5.26 Å². The summed E-state index contributed by atoms with van der Waals surface area (Å²) in [5.74, 6) is 1.54. The fourth-order valence-corrected chi connectivity index (χ4v) is 1.79. The Hall–Kier alpha value is -2.68. The number of hydrogen-bond donors (Lipinski definition) is 0. The van der Waals surface area contributed by atoms with Crippen LogP contribution < -0.4 is 9.80 Å². The Kier molecular flexibility index (Phi) is 4.45. The fraction of sp³-hybridized carbons (Fsp3) is 0.286. The van der Waals surface area contributed by atoms with E-state index >= 15 is 0 Å². The number of pyridine rings is 1. The highest BCUT2D eigenvalue weighted by molar-refractivity contribution is 5.49. The van der Waals surface area contributed by atoms with Crippen molar-refractivity contribution >= 4 is 11.6 Å². The molecular formula is C14H16N6. The number of nitriles is 1. The molecule has 20 heavy (non-hydrogen) atoms. The molecule has 0 aliphatic carbocycles. The highest BCUT2D eigenvalue weighted by Crippen LogP contribution is 2.17. The molecule has 0 bridgehead atoms. The van der Waals surface area contributed by atoms with Crippen molar-refractivity contribution in [1.29, 1.82) is 5.26 Å². The average Bonchev–Trinajstić information content (AvgIpc) is 2.48. The Morgan fingerprint density at radius 1 is 1.20 bits per heavy atom. The van der Waals surface area contributed by atoms with Gasteiger partial charge in [0, 0.05) is 39.1 Å². The minimum absolute atomic E-state index is 0.294. The summed E-state index contributed by atoms with van der Waals surface area (Å²) in [5.41, 5.74) is 1.11. The lowest BCUT2D eigenvalue weighted by atomic mass is 10.2. The van der Waals surface area contributed by atoms with Crippen molar-refractivity contribution in [3.05, 3.63) is 42.5 Å². The minimum Gasteiger partial charge on any atom is -0.355 e. The summed E-state index contributed by atoms with van der Waals surface area (Å²) < 4.78 is 0. The highest BCUT2D eigenvalue weighted by atomic mass is 15.2. The summed E-state index contributed by atoms with van der Waals surface area (Å²) in [6, 6.07) is 7.90. The molecule has 0 amide bonds. The van der Waals surface area contributed by atoms with E-state index in [0.29, 0.717) is 13.1 Å². The van der Waals surface area contributed by atoms with Crippen LogP contribution in [0.5, 0.6) is 0 Å². The topological polar surface area (TPSA) is 68.9 Å². The summed E-state index contributed by atoms with van der Waals surface area (Å²) in [4.78, 5) is 16.3. The van der Waals surface area contributed by atoms with Gasteiger partial charge in [-0.3, -0.25) is 4.98 Å². The normalized spacial score (nSPS) is 9.85. The molecule has 0 aromatic carbocycles. The van der Waals surface area contributed by atoms with Gasteiger partial charge in [-0.1, -0.05) is 6.07 Å². The Labute approximate surface area is 118 Å². The maximum Gasteiger partial charge on any atom is 0.134 e. The second-order valence-corrected chi connectivity index (χ2v) is 4.47. The zero-order valence-electron chi connectivity index (χ0n) is 11.6. The lowest BCUT2D eigenvalue weighted by Gasteiger charge is -2.20. The Morgan fingerprint density at radius 3 is 2.60 bits per heavy atom. The van der Waals surface area contributed by atoms with Gasteiger partial charge in [0.15, 0.2) is 0 Å². The summed E-state index contributed by atoms with van der Waals surface area (Å²) >= 11 is 0.